The van der Waals surface area contributed by atoms with Gasteiger partial charge in [0.2, 0.25) is 0 Å². The highest BCUT2D eigenvalue weighted by atomic mass is 16.5. The summed E-state index contributed by atoms with van der Waals surface area (Å²) in [6.07, 6.45) is 6.59. The van der Waals surface area contributed by atoms with Crippen LogP contribution >= 0.6 is 0 Å². The van der Waals surface area contributed by atoms with E-state index in [1.807, 2.05) is 0 Å². The van der Waals surface area contributed by atoms with E-state index in [0.717, 1.165) is 25.7 Å². The Balaban J connectivity index is 1.78. The number of nitrogens with one attached hydrogen (secondary N) is 1. The first-order valence-electron chi connectivity index (χ1n) is 8.17. The molecule has 2 aliphatic heterocycles. The molecule has 1 aliphatic carbocycles. The van der Waals surface area contributed by atoms with Crippen LogP contribution in [0.1, 0.15) is 52.9 Å². The van der Waals surface area contributed by atoms with Crippen LogP contribution in [0.2, 0.25) is 0 Å². The van der Waals surface area contributed by atoms with Crippen LogP contribution in [-0.4, -0.2) is 48.3 Å². The average Bonchev–Trinajstić information content (AvgIpc) is 3.24. The summed E-state index contributed by atoms with van der Waals surface area (Å²) < 4.78 is 5.81. The van der Waals surface area contributed by atoms with E-state index < -0.39 is 0 Å². The van der Waals surface area contributed by atoms with Crippen LogP contribution in [-0.2, 0) is 4.74 Å². The minimum atomic E-state index is 0.261. The summed E-state index contributed by atoms with van der Waals surface area (Å²) in [5.41, 5.74) is 0.600. The van der Waals surface area contributed by atoms with Crippen molar-refractivity contribution in [2.75, 3.05) is 26.3 Å². The third kappa shape index (κ3) is 2.57. The molecule has 3 unspecified atom stereocenters. The summed E-state index contributed by atoms with van der Waals surface area (Å²) in [6, 6.07) is 0.679. The van der Waals surface area contributed by atoms with Crippen LogP contribution in [0.5, 0.6) is 0 Å². The lowest BCUT2D eigenvalue weighted by Crippen LogP contribution is -2.70. The van der Waals surface area contributed by atoms with Crippen molar-refractivity contribution in [3.8, 4) is 0 Å². The van der Waals surface area contributed by atoms with Crippen molar-refractivity contribution in [3.05, 3.63) is 0 Å². The first-order valence-corrected chi connectivity index (χ1v) is 8.17. The third-order valence-electron chi connectivity index (χ3n) is 5.74. The van der Waals surface area contributed by atoms with E-state index in [1.54, 1.807) is 0 Å². The zero-order valence-corrected chi connectivity index (χ0v) is 12.9. The van der Waals surface area contributed by atoms with Crippen LogP contribution in [0.15, 0.2) is 0 Å². The molecule has 3 rings (SSSR count). The van der Waals surface area contributed by atoms with Gasteiger partial charge in [0.25, 0.3) is 0 Å². The van der Waals surface area contributed by atoms with Gasteiger partial charge in [-0.25, -0.2) is 0 Å². The lowest BCUT2D eigenvalue weighted by molar-refractivity contribution is -0.0846. The number of piperazine rings is 1. The molecule has 1 N–H and O–H groups in total. The van der Waals surface area contributed by atoms with E-state index in [4.69, 9.17) is 4.74 Å². The van der Waals surface area contributed by atoms with Crippen molar-refractivity contribution in [2.45, 2.75) is 70.0 Å². The topological polar surface area (TPSA) is 24.5 Å². The van der Waals surface area contributed by atoms with Crippen molar-refractivity contribution in [1.82, 2.24) is 10.2 Å². The number of ether oxygens (including phenoxy) is 1. The SMILES string of the molecule is CCC1CNC(C)(C2CC2)CN1C1(C)CCCOC1. The number of rotatable bonds is 3. The van der Waals surface area contributed by atoms with E-state index in [2.05, 4.69) is 31.0 Å². The lowest BCUT2D eigenvalue weighted by atomic mass is 9.83. The fraction of sp³-hybridized carbons (Fsp3) is 1.00. The molecule has 0 aromatic heterocycles. The van der Waals surface area contributed by atoms with Gasteiger partial charge in [-0.3, -0.25) is 4.90 Å². The lowest BCUT2D eigenvalue weighted by Gasteiger charge is -2.55. The Morgan fingerprint density at radius 1 is 1.32 bits per heavy atom. The smallest absolute Gasteiger partial charge is 0.0647 e. The predicted molar refractivity (Wildman–Crippen MR) is 78.4 cm³/mol. The monoisotopic (exact) mass is 266 g/mol. The van der Waals surface area contributed by atoms with Gasteiger partial charge in [0.15, 0.2) is 0 Å². The van der Waals surface area contributed by atoms with E-state index in [1.165, 1.54) is 38.6 Å². The molecule has 0 radical (unpaired) electrons. The normalized spacial score (nSPS) is 45.3. The molecule has 3 heteroatoms. The number of hydrogen-bond acceptors (Lipinski definition) is 3. The summed E-state index contributed by atoms with van der Waals surface area (Å²) in [5, 5.41) is 3.86. The number of nitrogens with zero attached hydrogens (tertiary/aromatic N) is 1. The molecule has 0 amide bonds. The largest absolute Gasteiger partial charge is 0.380 e. The van der Waals surface area contributed by atoms with Gasteiger partial charge in [0, 0.05) is 36.8 Å². The summed E-state index contributed by atoms with van der Waals surface area (Å²) in [4.78, 5) is 2.79. The van der Waals surface area contributed by atoms with E-state index >= 15 is 0 Å². The molecule has 3 nitrogen and oxygen atoms in total. The van der Waals surface area contributed by atoms with Gasteiger partial charge in [-0.2, -0.15) is 0 Å². The van der Waals surface area contributed by atoms with Gasteiger partial charge in [0.05, 0.1) is 6.61 Å². The van der Waals surface area contributed by atoms with Crippen molar-refractivity contribution >= 4 is 0 Å². The zero-order valence-electron chi connectivity index (χ0n) is 12.9. The van der Waals surface area contributed by atoms with Crippen LogP contribution in [0.25, 0.3) is 0 Å². The first kappa shape index (κ1) is 13.8. The number of hydrogen-bond donors (Lipinski definition) is 1. The Labute approximate surface area is 118 Å². The molecule has 3 fully saturated rings. The molecule has 2 saturated heterocycles. The molecule has 0 bridgehead atoms. The predicted octanol–water partition coefficient (Wildman–Crippen LogP) is 2.41. The highest BCUT2D eigenvalue weighted by molar-refractivity contribution is 5.07. The van der Waals surface area contributed by atoms with Gasteiger partial charge in [-0.05, 0) is 51.9 Å². The van der Waals surface area contributed by atoms with Gasteiger partial charge < -0.3 is 10.1 Å². The Hall–Kier alpha value is -0.120. The van der Waals surface area contributed by atoms with Crippen LogP contribution in [0.4, 0.5) is 0 Å². The summed E-state index contributed by atoms with van der Waals surface area (Å²) >= 11 is 0. The minimum absolute atomic E-state index is 0.261. The molecular weight excluding hydrogens is 236 g/mol. The summed E-state index contributed by atoms with van der Waals surface area (Å²) in [6.45, 7) is 11.4. The molecular formula is C16H30N2O. The molecule has 0 aromatic carbocycles. The maximum absolute atomic E-state index is 5.81. The molecule has 3 atom stereocenters. The van der Waals surface area contributed by atoms with Crippen LogP contribution in [0, 0.1) is 5.92 Å². The van der Waals surface area contributed by atoms with Crippen molar-refractivity contribution in [1.29, 1.82) is 0 Å². The second kappa shape index (κ2) is 5.01. The van der Waals surface area contributed by atoms with E-state index in [0.29, 0.717) is 11.6 Å². The zero-order chi connectivity index (χ0) is 13.5. The van der Waals surface area contributed by atoms with E-state index in [9.17, 15) is 0 Å². The molecule has 1 saturated carbocycles. The maximum Gasteiger partial charge on any atom is 0.0647 e. The van der Waals surface area contributed by atoms with Crippen LogP contribution < -0.4 is 5.32 Å². The van der Waals surface area contributed by atoms with Gasteiger partial charge >= 0.3 is 0 Å². The van der Waals surface area contributed by atoms with Crippen LogP contribution in [0.3, 0.4) is 0 Å². The summed E-state index contributed by atoms with van der Waals surface area (Å²) in [7, 11) is 0. The second-order valence-corrected chi connectivity index (χ2v) is 7.42. The molecule has 2 heterocycles. The van der Waals surface area contributed by atoms with Crippen molar-refractivity contribution in [2.24, 2.45) is 5.92 Å². The molecule has 0 aromatic rings. The molecule has 19 heavy (non-hydrogen) atoms. The van der Waals surface area contributed by atoms with Gasteiger partial charge in [-0.1, -0.05) is 6.92 Å². The molecule has 3 aliphatic rings. The Bertz CT molecular complexity index is 323. The van der Waals surface area contributed by atoms with Gasteiger partial charge in [-0.15, -0.1) is 0 Å². The minimum Gasteiger partial charge on any atom is -0.380 e. The van der Waals surface area contributed by atoms with Crippen molar-refractivity contribution in [3.63, 3.8) is 0 Å². The highest BCUT2D eigenvalue weighted by Gasteiger charge is 2.49. The Morgan fingerprint density at radius 3 is 2.68 bits per heavy atom. The molecule has 110 valence electrons. The summed E-state index contributed by atoms with van der Waals surface area (Å²) in [5.74, 6) is 0.904. The highest BCUT2D eigenvalue weighted by Crippen LogP contribution is 2.43. The first-order chi connectivity index (χ1) is 9.07. The van der Waals surface area contributed by atoms with E-state index in [-0.39, 0.29) is 5.54 Å². The van der Waals surface area contributed by atoms with Crippen molar-refractivity contribution < 1.29 is 4.74 Å². The average molecular weight is 266 g/mol. The standard InChI is InChI=1S/C16H30N2O/c1-4-14-10-17-16(3,13-6-7-13)11-18(14)15(2)8-5-9-19-12-15/h13-14,17H,4-12H2,1-3H3. The fourth-order valence-corrected chi connectivity index (χ4v) is 4.14. The third-order valence-corrected chi connectivity index (χ3v) is 5.74. The fourth-order valence-electron chi connectivity index (χ4n) is 4.14. The quantitative estimate of drug-likeness (QED) is 0.849. The second-order valence-electron chi connectivity index (χ2n) is 7.42. The molecule has 0 spiro atoms. The van der Waals surface area contributed by atoms with Gasteiger partial charge in [0.1, 0.15) is 0 Å². The maximum atomic E-state index is 5.81. The Morgan fingerprint density at radius 2 is 2.11 bits per heavy atom. The Kier molecular flexibility index (Phi) is 3.65.